The minimum absolute atomic E-state index is 0.423. The first kappa shape index (κ1) is 11.7. The second-order valence-corrected chi connectivity index (χ2v) is 4.88. The normalized spacial score (nSPS) is 15.9. The number of methoxy groups -OCH3 is 1. The lowest BCUT2D eigenvalue weighted by molar-refractivity contribution is 0.0111. The SMILES string of the molecule is COC(C)(C)c1nc(=S)c2c([nH]1)CCNC2. The molecule has 1 aliphatic rings. The van der Waals surface area contributed by atoms with Crippen LogP contribution in [0.3, 0.4) is 0 Å². The molecule has 1 aliphatic heterocycles. The highest BCUT2D eigenvalue weighted by Gasteiger charge is 2.24. The van der Waals surface area contributed by atoms with E-state index in [0.29, 0.717) is 4.64 Å². The van der Waals surface area contributed by atoms with E-state index in [1.54, 1.807) is 7.11 Å². The van der Waals surface area contributed by atoms with Gasteiger partial charge in [-0.25, -0.2) is 4.98 Å². The maximum absolute atomic E-state index is 5.41. The van der Waals surface area contributed by atoms with Crippen molar-refractivity contribution in [2.45, 2.75) is 32.4 Å². The van der Waals surface area contributed by atoms with E-state index in [1.807, 2.05) is 13.8 Å². The van der Waals surface area contributed by atoms with Crippen molar-refractivity contribution in [1.29, 1.82) is 0 Å². The molecule has 88 valence electrons. The third-order valence-electron chi connectivity index (χ3n) is 3.04. The average Bonchev–Trinajstić information content (AvgIpc) is 2.29. The zero-order valence-electron chi connectivity index (χ0n) is 9.89. The molecule has 0 spiro atoms. The number of H-pyrrole nitrogens is 1. The second-order valence-electron chi connectivity index (χ2n) is 4.49. The van der Waals surface area contributed by atoms with E-state index >= 15 is 0 Å². The van der Waals surface area contributed by atoms with Gasteiger partial charge in [-0.3, -0.25) is 0 Å². The summed E-state index contributed by atoms with van der Waals surface area (Å²) in [6, 6.07) is 0. The maximum atomic E-state index is 5.41. The van der Waals surface area contributed by atoms with E-state index in [-0.39, 0.29) is 0 Å². The van der Waals surface area contributed by atoms with E-state index < -0.39 is 5.60 Å². The second kappa shape index (κ2) is 4.24. The van der Waals surface area contributed by atoms with E-state index in [0.717, 1.165) is 30.9 Å². The number of hydrogen-bond acceptors (Lipinski definition) is 4. The molecule has 2 heterocycles. The molecule has 0 unspecified atom stereocenters. The summed E-state index contributed by atoms with van der Waals surface area (Å²) in [6.07, 6.45) is 0.967. The van der Waals surface area contributed by atoms with Crippen LogP contribution in [0, 0.1) is 4.64 Å². The molecule has 0 saturated carbocycles. The van der Waals surface area contributed by atoms with Crippen LogP contribution in [0.2, 0.25) is 0 Å². The molecule has 0 aromatic carbocycles. The molecule has 0 radical (unpaired) electrons. The topological polar surface area (TPSA) is 49.9 Å². The fourth-order valence-electron chi connectivity index (χ4n) is 1.75. The number of fused-ring (bicyclic) bond motifs is 1. The highest BCUT2D eigenvalue weighted by Crippen LogP contribution is 2.22. The first-order valence-corrected chi connectivity index (χ1v) is 5.84. The molecule has 2 N–H and O–H groups in total. The summed E-state index contributed by atoms with van der Waals surface area (Å²) in [5, 5.41) is 3.30. The van der Waals surface area contributed by atoms with Gasteiger partial charge in [-0.1, -0.05) is 12.2 Å². The van der Waals surface area contributed by atoms with Gasteiger partial charge >= 0.3 is 0 Å². The minimum Gasteiger partial charge on any atom is -0.371 e. The lowest BCUT2D eigenvalue weighted by Gasteiger charge is -2.25. The van der Waals surface area contributed by atoms with Crippen molar-refractivity contribution in [2.75, 3.05) is 13.7 Å². The summed E-state index contributed by atoms with van der Waals surface area (Å²) in [5.41, 5.74) is 1.89. The number of aromatic nitrogens is 2. The Morgan fingerprint density at radius 1 is 1.44 bits per heavy atom. The van der Waals surface area contributed by atoms with Crippen molar-refractivity contribution in [2.24, 2.45) is 0 Å². The standard InChI is InChI=1S/C11H17N3OS/c1-11(2,15-3)10-13-8-4-5-12-6-7(8)9(16)14-10/h12H,4-6H2,1-3H3,(H,13,14,16). The quantitative estimate of drug-likeness (QED) is 0.771. The van der Waals surface area contributed by atoms with Gasteiger partial charge in [-0.05, 0) is 13.8 Å². The van der Waals surface area contributed by atoms with Crippen LogP contribution < -0.4 is 5.32 Å². The van der Waals surface area contributed by atoms with Gasteiger partial charge in [0.05, 0.1) is 0 Å². The Morgan fingerprint density at radius 2 is 2.19 bits per heavy atom. The number of ether oxygens (including phenoxy) is 1. The Morgan fingerprint density at radius 3 is 2.88 bits per heavy atom. The largest absolute Gasteiger partial charge is 0.371 e. The van der Waals surface area contributed by atoms with Crippen molar-refractivity contribution in [3.63, 3.8) is 0 Å². The van der Waals surface area contributed by atoms with Crippen LogP contribution in [0.1, 0.15) is 30.9 Å². The van der Waals surface area contributed by atoms with Gasteiger partial charge in [-0.2, -0.15) is 0 Å². The Bertz CT molecular complexity index is 453. The molecule has 0 amide bonds. The first-order chi connectivity index (χ1) is 7.54. The fourth-order valence-corrected chi connectivity index (χ4v) is 2.04. The highest BCUT2D eigenvalue weighted by atomic mass is 32.1. The van der Waals surface area contributed by atoms with E-state index in [4.69, 9.17) is 17.0 Å². The minimum atomic E-state index is -0.423. The fraction of sp³-hybridized carbons (Fsp3) is 0.636. The van der Waals surface area contributed by atoms with Crippen molar-refractivity contribution in [3.8, 4) is 0 Å². The van der Waals surface area contributed by atoms with E-state index in [2.05, 4.69) is 15.3 Å². The number of aromatic amines is 1. The zero-order valence-corrected chi connectivity index (χ0v) is 10.7. The molecule has 0 fully saturated rings. The summed E-state index contributed by atoms with van der Waals surface area (Å²) in [6.45, 7) is 5.75. The Labute approximate surface area is 100 Å². The van der Waals surface area contributed by atoms with Crippen molar-refractivity contribution >= 4 is 12.2 Å². The molecular formula is C11H17N3OS. The van der Waals surface area contributed by atoms with Gasteiger partial charge < -0.3 is 15.0 Å². The summed E-state index contributed by atoms with van der Waals surface area (Å²) in [4.78, 5) is 7.78. The van der Waals surface area contributed by atoms with Gasteiger partial charge in [0.15, 0.2) is 0 Å². The molecule has 2 rings (SSSR count). The molecule has 0 saturated heterocycles. The Balaban J connectivity index is 2.51. The number of nitrogens with zero attached hydrogens (tertiary/aromatic N) is 1. The first-order valence-electron chi connectivity index (χ1n) is 5.43. The molecule has 4 nitrogen and oxygen atoms in total. The maximum Gasteiger partial charge on any atom is 0.139 e. The lowest BCUT2D eigenvalue weighted by Crippen LogP contribution is -2.29. The van der Waals surface area contributed by atoms with E-state index in [1.165, 1.54) is 5.69 Å². The number of rotatable bonds is 2. The van der Waals surface area contributed by atoms with Crippen LogP contribution in [0.4, 0.5) is 0 Å². The third kappa shape index (κ3) is 2.03. The van der Waals surface area contributed by atoms with Gasteiger partial charge in [0.1, 0.15) is 16.1 Å². The van der Waals surface area contributed by atoms with Crippen LogP contribution in [0.5, 0.6) is 0 Å². The lowest BCUT2D eigenvalue weighted by atomic mass is 10.1. The predicted octanol–water partition coefficient (Wildman–Crippen LogP) is 1.67. The highest BCUT2D eigenvalue weighted by molar-refractivity contribution is 7.71. The van der Waals surface area contributed by atoms with Crippen LogP contribution >= 0.6 is 12.2 Å². The molecule has 0 bridgehead atoms. The summed E-state index contributed by atoms with van der Waals surface area (Å²) in [7, 11) is 1.68. The van der Waals surface area contributed by atoms with Crippen LogP contribution in [0.15, 0.2) is 0 Å². The van der Waals surface area contributed by atoms with Crippen molar-refractivity contribution in [1.82, 2.24) is 15.3 Å². The molecule has 0 atom stereocenters. The number of nitrogens with one attached hydrogen (secondary N) is 2. The van der Waals surface area contributed by atoms with Crippen LogP contribution in [-0.2, 0) is 23.3 Å². The van der Waals surface area contributed by atoms with Gasteiger partial charge in [0.25, 0.3) is 0 Å². The van der Waals surface area contributed by atoms with Crippen molar-refractivity contribution < 1.29 is 4.74 Å². The Kier molecular flexibility index (Phi) is 3.10. The Hall–Kier alpha value is -0.780. The summed E-state index contributed by atoms with van der Waals surface area (Å²) < 4.78 is 6.10. The van der Waals surface area contributed by atoms with Crippen LogP contribution in [0.25, 0.3) is 0 Å². The molecule has 16 heavy (non-hydrogen) atoms. The van der Waals surface area contributed by atoms with Crippen LogP contribution in [-0.4, -0.2) is 23.6 Å². The smallest absolute Gasteiger partial charge is 0.139 e. The molecule has 5 heteroatoms. The molecular weight excluding hydrogens is 222 g/mol. The third-order valence-corrected chi connectivity index (χ3v) is 3.38. The van der Waals surface area contributed by atoms with Crippen molar-refractivity contribution in [3.05, 3.63) is 21.7 Å². The van der Waals surface area contributed by atoms with Gasteiger partial charge in [0, 0.05) is 37.9 Å². The predicted molar refractivity (Wildman–Crippen MR) is 64.9 cm³/mol. The summed E-state index contributed by atoms with van der Waals surface area (Å²) in [5.74, 6) is 0.806. The molecule has 1 aromatic rings. The summed E-state index contributed by atoms with van der Waals surface area (Å²) >= 11 is 5.32. The van der Waals surface area contributed by atoms with Gasteiger partial charge in [0.2, 0.25) is 0 Å². The zero-order chi connectivity index (χ0) is 11.8. The average molecular weight is 239 g/mol. The monoisotopic (exact) mass is 239 g/mol. The molecule has 1 aromatic heterocycles. The van der Waals surface area contributed by atoms with E-state index in [9.17, 15) is 0 Å². The van der Waals surface area contributed by atoms with Gasteiger partial charge in [-0.15, -0.1) is 0 Å². The molecule has 0 aliphatic carbocycles. The number of hydrogen-bond donors (Lipinski definition) is 2.